The maximum Gasteiger partial charge on any atom is 0.276 e. The molecule has 1 aliphatic rings. The van der Waals surface area contributed by atoms with Crippen LogP contribution >= 0.6 is 0 Å². The first-order chi connectivity index (χ1) is 16.0. The van der Waals surface area contributed by atoms with Gasteiger partial charge in [0.15, 0.2) is 5.69 Å². The predicted molar refractivity (Wildman–Crippen MR) is 119 cm³/mol. The lowest BCUT2D eigenvalue weighted by Crippen LogP contribution is -2.48. The molecule has 1 aliphatic heterocycles. The van der Waals surface area contributed by atoms with E-state index in [9.17, 15) is 18.8 Å². The number of aromatic nitrogens is 2. The Morgan fingerprint density at radius 2 is 1.73 bits per heavy atom. The number of benzene rings is 2. The molecular formula is C24H23FN4O4. The van der Waals surface area contributed by atoms with Gasteiger partial charge in [0.05, 0.1) is 13.2 Å². The average Bonchev–Trinajstić information content (AvgIpc) is 2.84. The van der Waals surface area contributed by atoms with E-state index in [-0.39, 0.29) is 11.6 Å². The summed E-state index contributed by atoms with van der Waals surface area (Å²) in [7, 11) is 0. The molecule has 0 bridgehead atoms. The van der Waals surface area contributed by atoms with Crippen molar-refractivity contribution in [1.29, 1.82) is 0 Å². The standard InChI is InChI=1S/C24H23FN4O4/c1-16-15-20(30)22(27-29(16)19-10-6-5-9-18(19)25)23(31)26-21(17-7-3-2-4-8-17)24(32)28-11-13-33-14-12-28/h2-10,15,21H,11-14H2,1H3,(H,26,31)/t21-/m0/s1. The van der Waals surface area contributed by atoms with Gasteiger partial charge in [0.1, 0.15) is 17.5 Å². The first-order valence-electron chi connectivity index (χ1n) is 10.5. The molecule has 1 aromatic heterocycles. The molecule has 3 aromatic rings. The Morgan fingerprint density at radius 3 is 2.42 bits per heavy atom. The van der Waals surface area contributed by atoms with Crippen LogP contribution in [-0.4, -0.2) is 52.8 Å². The number of hydrogen-bond acceptors (Lipinski definition) is 5. The minimum atomic E-state index is -1.01. The second-order valence-electron chi connectivity index (χ2n) is 7.62. The van der Waals surface area contributed by atoms with Crippen molar-refractivity contribution in [3.63, 3.8) is 0 Å². The van der Waals surface area contributed by atoms with Gasteiger partial charge in [-0.15, -0.1) is 0 Å². The maximum atomic E-state index is 14.3. The lowest BCUT2D eigenvalue weighted by Gasteiger charge is -2.30. The summed E-state index contributed by atoms with van der Waals surface area (Å²) < 4.78 is 20.8. The number of rotatable bonds is 5. The van der Waals surface area contributed by atoms with Crippen LogP contribution in [0.3, 0.4) is 0 Å². The molecule has 4 rings (SSSR count). The highest BCUT2D eigenvalue weighted by molar-refractivity contribution is 5.96. The molecule has 2 amide bonds. The number of carbonyl (C=O) groups is 2. The number of carbonyl (C=O) groups excluding carboxylic acids is 2. The van der Waals surface area contributed by atoms with Crippen LogP contribution in [0.2, 0.25) is 0 Å². The Balaban J connectivity index is 1.68. The molecule has 0 spiro atoms. The predicted octanol–water partition coefficient (Wildman–Crippen LogP) is 2.01. The van der Waals surface area contributed by atoms with E-state index in [1.54, 1.807) is 48.2 Å². The third kappa shape index (κ3) is 4.83. The number of ether oxygens (including phenoxy) is 1. The van der Waals surface area contributed by atoms with Crippen molar-refractivity contribution in [3.8, 4) is 5.69 Å². The van der Waals surface area contributed by atoms with E-state index in [2.05, 4.69) is 10.4 Å². The molecule has 1 atom stereocenters. The molecule has 0 saturated carbocycles. The fourth-order valence-corrected chi connectivity index (χ4v) is 3.67. The smallest absolute Gasteiger partial charge is 0.276 e. The second kappa shape index (κ2) is 9.74. The molecule has 9 heteroatoms. The van der Waals surface area contributed by atoms with Gasteiger partial charge in [-0.3, -0.25) is 14.4 Å². The first kappa shape index (κ1) is 22.3. The van der Waals surface area contributed by atoms with Crippen LogP contribution in [-0.2, 0) is 9.53 Å². The minimum absolute atomic E-state index is 0.105. The van der Waals surface area contributed by atoms with Gasteiger partial charge < -0.3 is 15.0 Å². The van der Waals surface area contributed by atoms with Crippen molar-refractivity contribution < 1.29 is 18.7 Å². The fourth-order valence-electron chi connectivity index (χ4n) is 3.67. The molecule has 2 aromatic carbocycles. The van der Waals surface area contributed by atoms with Crippen molar-refractivity contribution in [2.75, 3.05) is 26.3 Å². The average molecular weight is 450 g/mol. The van der Waals surface area contributed by atoms with Gasteiger partial charge in [0.25, 0.3) is 5.91 Å². The van der Waals surface area contributed by atoms with Crippen LogP contribution in [0.15, 0.2) is 65.5 Å². The summed E-state index contributed by atoms with van der Waals surface area (Å²) in [6, 6.07) is 14.9. The second-order valence-corrected chi connectivity index (χ2v) is 7.62. The van der Waals surface area contributed by atoms with Gasteiger partial charge in [0, 0.05) is 24.8 Å². The number of morpholine rings is 1. The summed E-state index contributed by atoms with van der Waals surface area (Å²) in [5.74, 6) is -1.67. The highest BCUT2D eigenvalue weighted by Gasteiger charge is 2.30. The molecule has 0 aliphatic carbocycles. The quantitative estimate of drug-likeness (QED) is 0.642. The topological polar surface area (TPSA) is 93.5 Å². The molecule has 33 heavy (non-hydrogen) atoms. The Hall–Kier alpha value is -3.85. The van der Waals surface area contributed by atoms with Gasteiger partial charge in [-0.25, -0.2) is 9.07 Å². The fraction of sp³-hybridized carbons (Fsp3) is 0.250. The third-order valence-corrected chi connectivity index (χ3v) is 5.38. The summed E-state index contributed by atoms with van der Waals surface area (Å²) in [6.45, 7) is 3.22. The normalized spacial score (nSPS) is 14.5. The summed E-state index contributed by atoms with van der Waals surface area (Å²) in [5, 5.41) is 6.79. The van der Waals surface area contributed by atoms with E-state index in [0.29, 0.717) is 37.6 Å². The number of aryl methyl sites for hydroxylation is 1. The Morgan fingerprint density at radius 1 is 1.06 bits per heavy atom. The molecular weight excluding hydrogens is 427 g/mol. The summed E-state index contributed by atoms with van der Waals surface area (Å²) in [5.41, 5.74) is -0.00891. The SMILES string of the molecule is Cc1cc(=O)c(C(=O)N[C@H](C(=O)N2CCOCC2)c2ccccc2)nn1-c1ccccc1F. The van der Waals surface area contributed by atoms with E-state index >= 15 is 0 Å². The van der Waals surface area contributed by atoms with E-state index < -0.39 is 28.9 Å². The van der Waals surface area contributed by atoms with Gasteiger partial charge in [0.2, 0.25) is 11.3 Å². The summed E-state index contributed by atoms with van der Waals surface area (Å²) >= 11 is 0. The van der Waals surface area contributed by atoms with E-state index in [0.717, 1.165) is 0 Å². The molecule has 2 heterocycles. The maximum absolute atomic E-state index is 14.3. The van der Waals surface area contributed by atoms with Crippen molar-refractivity contribution in [2.45, 2.75) is 13.0 Å². The summed E-state index contributed by atoms with van der Waals surface area (Å²) in [6.07, 6.45) is 0. The zero-order chi connectivity index (χ0) is 23.4. The molecule has 0 radical (unpaired) electrons. The third-order valence-electron chi connectivity index (χ3n) is 5.38. The molecule has 1 fully saturated rings. The number of nitrogens with one attached hydrogen (secondary N) is 1. The number of para-hydroxylation sites is 1. The van der Waals surface area contributed by atoms with E-state index in [1.807, 2.05) is 0 Å². The van der Waals surface area contributed by atoms with Crippen LogP contribution < -0.4 is 10.7 Å². The van der Waals surface area contributed by atoms with Crippen LogP contribution in [0.4, 0.5) is 4.39 Å². The van der Waals surface area contributed by atoms with E-state index in [1.165, 1.54) is 28.9 Å². The Labute approximate surface area is 189 Å². The highest BCUT2D eigenvalue weighted by atomic mass is 19.1. The molecule has 1 saturated heterocycles. The van der Waals surface area contributed by atoms with Gasteiger partial charge in [-0.05, 0) is 24.6 Å². The van der Waals surface area contributed by atoms with Crippen LogP contribution in [0.1, 0.15) is 27.8 Å². The zero-order valence-corrected chi connectivity index (χ0v) is 18.0. The van der Waals surface area contributed by atoms with Crippen molar-refractivity contribution in [2.24, 2.45) is 0 Å². The molecule has 1 N–H and O–H groups in total. The molecule has 170 valence electrons. The van der Waals surface area contributed by atoms with Gasteiger partial charge in [-0.2, -0.15) is 5.10 Å². The summed E-state index contributed by atoms with van der Waals surface area (Å²) in [4.78, 5) is 40.6. The molecule has 8 nitrogen and oxygen atoms in total. The van der Waals surface area contributed by atoms with Crippen LogP contribution in [0, 0.1) is 12.7 Å². The first-order valence-corrected chi connectivity index (χ1v) is 10.5. The number of hydrogen-bond donors (Lipinski definition) is 1. The lowest BCUT2D eigenvalue weighted by molar-refractivity contribution is -0.137. The minimum Gasteiger partial charge on any atom is -0.378 e. The van der Waals surface area contributed by atoms with E-state index in [4.69, 9.17) is 4.74 Å². The van der Waals surface area contributed by atoms with Crippen LogP contribution in [0.5, 0.6) is 0 Å². The number of amides is 2. The lowest BCUT2D eigenvalue weighted by atomic mass is 10.0. The Kier molecular flexibility index (Phi) is 6.60. The Bertz CT molecular complexity index is 1220. The van der Waals surface area contributed by atoms with Gasteiger partial charge >= 0.3 is 0 Å². The monoisotopic (exact) mass is 450 g/mol. The van der Waals surface area contributed by atoms with Crippen molar-refractivity contribution in [3.05, 3.63) is 93.7 Å². The van der Waals surface area contributed by atoms with Gasteiger partial charge in [-0.1, -0.05) is 42.5 Å². The number of nitrogens with zero attached hydrogens (tertiary/aromatic N) is 3. The number of halogens is 1. The molecule has 0 unspecified atom stereocenters. The van der Waals surface area contributed by atoms with Crippen molar-refractivity contribution in [1.82, 2.24) is 20.0 Å². The van der Waals surface area contributed by atoms with Crippen LogP contribution in [0.25, 0.3) is 5.69 Å². The van der Waals surface area contributed by atoms with Crippen molar-refractivity contribution >= 4 is 11.8 Å². The highest BCUT2D eigenvalue weighted by Crippen LogP contribution is 2.18. The largest absolute Gasteiger partial charge is 0.378 e. The zero-order valence-electron chi connectivity index (χ0n) is 18.0.